The first-order chi connectivity index (χ1) is 10.7. The van der Waals surface area contributed by atoms with Crippen molar-refractivity contribution in [1.82, 2.24) is 10.5 Å². The van der Waals surface area contributed by atoms with E-state index < -0.39 is 0 Å². The lowest BCUT2D eigenvalue weighted by atomic mass is 10.0. The van der Waals surface area contributed by atoms with Gasteiger partial charge in [-0.05, 0) is 56.2 Å². The summed E-state index contributed by atoms with van der Waals surface area (Å²) in [5.74, 6) is 2.99. The molecule has 0 saturated carbocycles. The van der Waals surface area contributed by atoms with Crippen molar-refractivity contribution in [2.45, 2.75) is 44.2 Å². The van der Waals surface area contributed by atoms with Crippen molar-refractivity contribution >= 4 is 11.8 Å². The van der Waals surface area contributed by atoms with Crippen LogP contribution in [0.5, 0.6) is 5.75 Å². The van der Waals surface area contributed by atoms with Crippen molar-refractivity contribution in [3.8, 4) is 5.75 Å². The number of hydrogen-bond donors (Lipinski definition) is 1. The molecule has 1 unspecified atom stereocenters. The van der Waals surface area contributed by atoms with Crippen LogP contribution in [0, 0.1) is 13.8 Å². The van der Waals surface area contributed by atoms with Crippen molar-refractivity contribution in [2.24, 2.45) is 0 Å². The molecule has 2 aromatic rings. The van der Waals surface area contributed by atoms with E-state index in [2.05, 4.69) is 22.6 Å². The van der Waals surface area contributed by atoms with Crippen LogP contribution in [0.4, 0.5) is 0 Å². The lowest BCUT2D eigenvalue weighted by molar-refractivity contribution is 0.391. The molecule has 118 valence electrons. The Bertz CT molecular complexity index is 635. The highest BCUT2D eigenvalue weighted by Crippen LogP contribution is 2.37. The lowest BCUT2D eigenvalue weighted by Gasteiger charge is -2.19. The minimum absolute atomic E-state index is 0.341. The third-order valence-electron chi connectivity index (χ3n) is 4.19. The molecule has 1 atom stereocenters. The molecule has 0 amide bonds. The van der Waals surface area contributed by atoms with Crippen LogP contribution in [0.2, 0.25) is 0 Å². The van der Waals surface area contributed by atoms with Crippen LogP contribution in [-0.2, 0) is 6.54 Å². The van der Waals surface area contributed by atoms with Gasteiger partial charge in [-0.15, -0.1) is 11.8 Å². The van der Waals surface area contributed by atoms with Gasteiger partial charge in [-0.3, -0.25) is 0 Å². The van der Waals surface area contributed by atoms with Crippen LogP contribution in [0.15, 0.2) is 27.6 Å². The van der Waals surface area contributed by atoms with E-state index in [9.17, 15) is 0 Å². The van der Waals surface area contributed by atoms with Gasteiger partial charge in [0.05, 0.1) is 12.8 Å². The summed E-state index contributed by atoms with van der Waals surface area (Å²) in [5, 5.41) is 7.72. The molecule has 1 N–H and O–H groups in total. The number of aromatic nitrogens is 1. The highest BCUT2D eigenvalue weighted by Gasteiger charge is 2.20. The van der Waals surface area contributed by atoms with E-state index in [4.69, 9.17) is 9.26 Å². The van der Waals surface area contributed by atoms with Gasteiger partial charge in [0.25, 0.3) is 0 Å². The van der Waals surface area contributed by atoms with E-state index in [1.165, 1.54) is 28.2 Å². The summed E-state index contributed by atoms with van der Waals surface area (Å²) in [5.41, 5.74) is 3.48. The molecule has 1 aliphatic rings. The van der Waals surface area contributed by atoms with E-state index in [1.54, 1.807) is 7.11 Å². The smallest absolute Gasteiger partial charge is 0.138 e. The molecule has 1 aliphatic heterocycles. The Morgan fingerprint density at radius 2 is 2.27 bits per heavy atom. The van der Waals surface area contributed by atoms with Crippen molar-refractivity contribution in [3.63, 3.8) is 0 Å². The lowest BCUT2D eigenvalue weighted by Crippen LogP contribution is -2.21. The SMILES string of the molecule is COc1ccc2c(c1)C(NCc1c(C)noc1C)CCCS2. The second-order valence-electron chi connectivity index (χ2n) is 5.63. The summed E-state index contributed by atoms with van der Waals surface area (Å²) in [4.78, 5) is 1.36. The summed E-state index contributed by atoms with van der Waals surface area (Å²) in [6.45, 7) is 4.75. The second-order valence-corrected chi connectivity index (χ2v) is 6.77. The Balaban J connectivity index is 1.82. The number of benzene rings is 1. The molecular formula is C17H22N2O2S. The van der Waals surface area contributed by atoms with Crippen molar-refractivity contribution in [2.75, 3.05) is 12.9 Å². The van der Waals surface area contributed by atoms with E-state index in [-0.39, 0.29) is 0 Å². The minimum atomic E-state index is 0.341. The van der Waals surface area contributed by atoms with Crippen LogP contribution in [0.25, 0.3) is 0 Å². The molecule has 1 aromatic heterocycles. The first-order valence-corrected chi connectivity index (χ1v) is 8.63. The predicted octanol–water partition coefficient (Wildman–Crippen LogP) is 4.02. The number of thioether (sulfide) groups is 1. The van der Waals surface area contributed by atoms with E-state index in [0.29, 0.717) is 6.04 Å². The number of hydrogen-bond acceptors (Lipinski definition) is 5. The highest BCUT2D eigenvalue weighted by molar-refractivity contribution is 7.99. The van der Waals surface area contributed by atoms with Gasteiger partial charge in [0.2, 0.25) is 0 Å². The van der Waals surface area contributed by atoms with E-state index >= 15 is 0 Å². The zero-order valence-electron chi connectivity index (χ0n) is 13.3. The van der Waals surface area contributed by atoms with E-state index in [1.807, 2.05) is 31.7 Å². The molecular weight excluding hydrogens is 296 g/mol. The molecule has 3 rings (SSSR count). The summed E-state index contributed by atoms with van der Waals surface area (Å²) in [7, 11) is 1.72. The quantitative estimate of drug-likeness (QED) is 0.922. The number of aryl methyl sites for hydroxylation is 2. The van der Waals surface area contributed by atoms with Gasteiger partial charge in [0.1, 0.15) is 11.5 Å². The predicted molar refractivity (Wildman–Crippen MR) is 88.5 cm³/mol. The normalized spacial score (nSPS) is 17.9. The zero-order chi connectivity index (χ0) is 15.5. The van der Waals surface area contributed by atoms with E-state index in [0.717, 1.165) is 30.2 Å². The first-order valence-electron chi connectivity index (χ1n) is 7.65. The number of ether oxygens (including phenoxy) is 1. The van der Waals surface area contributed by atoms with Crippen molar-refractivity contribution in [3.05, 3.63) is 40.8 Å². The van der Waals surface area contributed by atoms with Crippen LogP contribution >= 0.6 is 11.8 Å². The Morgan fingerprint density at radius 3 is 3.00 bits per heavy atom. The fourth-order valence-electron chi connectivity index (χ4n) is 2.87. The molecule has 0 fully saturated rings. The maximum atomic E-state index is 5.40. The van der Waals surface area contributed by atoms with Gasteiger partial charge in [-0.1, -0.05) is 5.16 Å². The van der Waals surface area contributed by atoms with Crippen LogP contribution in [0.1, 0.15) is 41.5 Å². The molecule has 0 radical (unpaired) electrons. The fourth-order valence-corrected chi connectivity index (χ4v) is 3.94. The van der Waals surface area contributed by atoms with Gasteiger partial charge < -0.3 is 14.6 Å². The molecule has 0 aliphatic carbocycles. The molecule has 2 heterocycles. The fraction of sp³-hybridized carbons (Fsp3) is 0.471. The second kappa shape index (κ2) is 6.75. The van der Waals surface area contributed by atoms with Gasteiger partial charge in [-0.25, -0.2) is 0 Å². The van der Waals surface area contributed by atoms with Gasteiger partial charge >= 0.3 is 0 Å². The average molecular weight is 318 g/mol. The molecule has 5 heteroatoms. The Kier molecular flexibility index (Phi) is 4.74. The first kappa shape index (κ1) is 15.4. The number of nitrogens with zero attached hydrogens (tertiary/aromatic N) is 1. The number of methoxy groups -OCH3 is 1. The van der Waals surface area contributed by atoms with Gasteiger partial charge in [-0.2, -0.15) is 0 Å². The Hall–Kier alpha value is -1.46. The minimum Gasteiger partial charge on any atom is -0.497 e. The Labute approximate surface area is 135 Å². The summed E-state index contributed by atoms with van der Waals surface area (Å²) < 4.78 is 10.6. The maximum absolute atomic E-state index is 5.40. The van der Waals surface area contributed by atoms with Crippen LogP contribution < -0.4 is 10.1 Å². The zero-order valence-corrected chi connectivity index (χ0v) is 14.1. The third kappa shape index (κ3) is 3.15. The summed E-state index contributed by atoms with van der Waals surface area (Å²) in [6, 6.07) is 6.73. The third-order valence-corrected chi connectivity index (χ3v) is 5.37. The summed E-state index contributed by atoms with van der Waals surface area (Å²) in [6.07, 6.45) is 2.34. The van der Waals surface area contributed by atoms with Gasteiger partial charge in [0.15, 0.2) is 0 Å². The van der Waals surface area contributed by atoms with Crippen LogP contribution in [-0.4, -0.2) is 18.0 Å². The molecule has 0 spiro atoms. The Morgan fingerprint density at radius 1 is 1.41 bits per heavy atom. The molecule has 0 bridgehead atoms. The molecule has 22 heavy (non-hydrogen) atoms. The standard InChI is InChI=1S/C17H22N2O2S/c1-11-15(12(2)21-19-11)10-18-16-5-4-8-22-17-7-6-13(20-3)9-14(16)17/h6-7,9,16,18H,4-5,8,10H2,1-3H3. The highest BCUT2D eigenvalue weighted by atomic mass is 32.2. The van der Waals surface area contributed by atoms with Gasteiger partial charge in [0, 0.05) is 23.0 Å². The average Bonchev–Trinajstić information content (AvgIpc) is 2.74. The van der Waals surface area contributed by atoms with Crippen molar-refractivity contribution < 1.29 is 9.26 Å². The molecule has 0 saturated heterocycles. The largest absolute Gasteiger partial charge is 0.497 e. The number of rotatable bonds is 4. The monoisotopic (exact) mass is 318 g/mol. The molecule has 4 nitrogen and oxygen atoms in total. The number of fused-ring (bicyclic) bond motifs is 1. The topological polar surface area (TPSA) is 47.3 Å². The van der Waals surface area contributed by atoms with Crippen LogP contribution in [0.3, 0.4) is 0 Å². The summed E-state index contributed by atoms with van der Waals surface area (Å²) >= 11 is 1.94. The maximum Gasteiger partial charge on any atom is 0.138 e. The number of nitrogens with one attached hydrogen (secondary N) is 1. The molecule has 1 aromatic carbocycles. The van der Waals surface area contributed by atoms with Crippen molar-refractivity contribution in [1.29, 1.82) is 0 Å².